The van der Waals surface area contributed by atoms with Crippen LogP contribution in [0, 0.1) is 51.8 Å². The van der Waals surface area contributed by atoms with E-state index >= 15 is 0 Å². The van der Waals surface area contributed by atoms with E-state index in [2.05, 4.69) is 69.2 Å². The van der Waals surface area contributed by atoms with Crippen molar-refractivity contribution in [3.05, 3.63) is 0 Å². The normalized spacial score (nSPS) is 41.5. The second-order valence-corrected chi connectivity index (χ2v) is 11.9. The maximum Gasteiger partial charge on any atom is -0.0238 e. The van der Waals surface area contributed by atoms with E-state index in [0.717, 1.165) is 35.5 Å². The third kappa shape index (κ3) is 3.65. The summed E-state index contributed by atoms with van der Waals surface area (Å²) in [5.74, 6) is 5.41. The monoisotopic (exact) mass is 362 g/mol. The average molecular weight is 363 g/mol. The van der Waals surface area contributed by atoms with Crippen LogP contribution in [-0.2, 0) is 0 Å². The van der Waals surface area contributed by atoms with Gasteiger partial charge in [-0.05, 0) is 90.3 Å². The van der Waals surface area contributed by atoms with Crippen LogP contribution in [0.4, 0.5) is 0 Å². The number of fused-ring (bicyclic) bond motifs is 1. The Labute approximate surface area is 166 Å². The summed E-state index contributed by atoms with van der Waals surface area (Å²) < 4.78 is 0. The maximum absolute atomic E-state index is 2.65. The molecule has 26 heavy (non-hydrogen) atoms. The fraction of sp³-hybridized carbons (Fsp3) is 1.00. The minimum atomic E-state index is 0.550. The first-order chi connectivity index (χ1) is 12.0. The molecule has 0 radical (unpaired) electrons. The molecular formula is C26H50. The third-order valence-corrected chi connectivity index (χ3v) is 9.76. The van der Waals surface area contributed by atoms with Crippen molar-refractivity contribution in [2.24, 2.45) is 51.8 Å². The fourth-order valence-corrected chi connectivity index (χ4v) is 7.52. The lowest BCUT2D eigenvalue weighted by molar-refractivity contribution is 0.0103. The second-order valence-electron chi connectivity index (χ2n) is 11.9. The highest BCUT2D eigenvalue weighted by atomic mass is 14.8. The molecule has 0 amide bonds. The van der Waals surface area contributed by atoms with Crippen molar-refractivity contribution in [3.8, 4) is 0 Å². The Balaban J connectivity index is 2.02. The summed E-state index contributed by atoms with van der Waals surface area (Å²) >= 11 is 0. The average Bonchev–Trinajstić information content (AvgIpc) is 3.22. The van der Waals surface area contributed by atoms with Crippen molar-refractivity contribution in [1.29, 1.82) is 0 Å². The van der Waals surface area contributed by atoms with Crippen LogP contribution in [0.25, 0.3) is 0 Å². The van der Waals surface area contributed by atoms with Crippen molar-refractivity contribution in [2.75, 3.05) is 0 Å². The van der Waals surface area contributed by atoms with Gasteiger partial charge in [0.15, 0.2) is 0 Å². The highest BCUT2D eigenvalue weighted by Crippen LogP contribution is 2.82. The van der Waals surface area contributed by atoms with Crippen LogP contribution in [0.1, 0.15) is 114 Å². The van der Waals surface area contributed by atoms with E-state index in [9.17, 15) is 0 Å². The van der Waals surface area contributed by atoms with Gasteiger partial charge >= 0.3 is 0 Å². The Hall–Kier alpha value is 0. The van der Waals surface area contributed by atoms with E-state index in [1.807, 2.05) is 0 Å². The number of hydrogen-bond donors (Lipinski definition) is 0. The minimum absolute atomic E-state index is 0.550. The van der Waals surface area contributed by atoms with Crippen LogP contribution >= 0.6 is 0 Å². The van der Waals surface area contributed by atoms with Gasteiger partial charge in [-0.1, -0.05) is 75.7 Å². The van der Waals surface area contributed by atoms with Crippen LogP contribution in [0.3, 0.4) is 0 Å². The summed E-state index contributed by atoms with van der Waals surface area (Å²) in [5, 5.41) is 0. The van der Waals surface area contributed by atoms with Crippen molar-refractivity contribution in [2.45, 2.75) is 114 Å². The molecule has 0 bridgehead atoms. The first kappa shape index (κ1) is 22.3. The van der Waals surface area contributed by atoms with Gasteiger partial charge in [0, 0.05) is 0 Å². The molecule has 0 heterocycles. The minimum Gasteiger partial charge on any atom is -0.0648 e. The van der Waals surface area contributed by atoms with E-state index in [-0.39, 0.29) is 0 Å². The van der Waals surface area contributed by atoms with E-state index < -0.39 is 0 Å². The zero-order valence-corrected chi connectivity index (χ0v) is 19.9. The number of rotatable bonds is 10. The molecule has 2 saturated carbocycles. The van der Waals surface area contributed by atoms with Crippen LogP contribution in [0.15, 0.2) is 0 Å². The lowest BCUT2D eigenvalue weighted by Crippen LogP contribution is -2.40. The number of hydrogen-bond acceptors (Lipinski definition) is 0. The Morgan fingerprint density at radius 1 is 0.846 bits per heavy atom. The molecule has 0 aromatic heterocycles. The zero-order chi connectivity index (χ0) is 19.9. The summed E-state index contributed by atoms with van der Waals surface area (Å²) in [6.07, 6.45) is 10.0. The fourth-order valence-electron chi connectivity index (χ4n) is 7.52. The highest BCUT2D eigenvalue weighted by Gasteiger charge is 2.75. The molecule has 154 valence electrons. The van der Waals surface area contributed by atoms with Crippen molar-refractivity contribution < 1.29 is 0 Å². The molecule has 0 nitrogen and oxygen atoms in total. The van der Waals surface area contributed by atoms with Gasteiger partial charge in [0.1, 0.15) is 0 Å². The van der Waals surface area contributed by atoms with Crippen LogP contribution in [-0.4, -0.2) is 0 Å². The quantitative estimate of drug-likeness (QED) is 0.365. The first-order valence-electron chi connectivity index (χ1n) is 12.0. The molecule has 0 aromatic carbocycles. The molecule has 2 aliphatic carbocycles. The summed E-state index contributed by atoms with van der Waals surface area (Å²) in [6, 6.07) is 0. The molecular weight excluding hydrogens is 312 g/mol. The summed E-state index contributed by atoms with van der Waals surface area (Å²) in [6.45, 7) is 25.0. The topological polar surface area (TPSA) is 0 Å². The van der Waals surface area contributed by atoms with Gasteiger partial charge in [0.25, 0.3) is 0 Å². The Bertz CT molecular complexity index is 463. The first-order valence-corrected chi connectivity index (χ1v) is 12.0. The third-order valence-electron chi connectivity index (χ3n) is 9.76. The Morgan fingerprint density at radius 3 is 1.88 bits per heavy atom. The van der Waals surface area contributed by atoms with Crippen LogP contribution < -0.4 is 0 Å². The van der Waals surface area contributed by atoms with Crippen LogP contribution in [0.5, 0.6) is 0 Å². The standard InChI is InChI=1S/C26H50/c1-11-25(9)22(24(8)17-23(24)26(25,10)12-2)14-13-20(7)16-21(19(5)6)15-18(3)4/h18-23H,11-17H2,1-10H3. The molecule has 7 atom stereocenters. The second kappa shape index (κ2) is 7.79. The van der Waals surface area contributed by atoms with Gasteiger partial charge in [0.2, 0.25) is 0 Å². The molecule has 0 N–H and O–H groups in total. The molecule has 2 aliphatic rings. The van der Waals surface area contributed by atoms with Gasteiger partial charge in [-0.2, -0.15) is 0 Å². The molecule has 0 heteroatoms. The van der Waals surface area contributed by atoms with Crippen molar-refractivity contribution in [1.82, 2.24) is 0 Å². The van der Waals surface area contributed by atoms with Gasteiger partial charge in [-0.3, -0.25) is 0 Å². The predicted molar refractivity (Wildman–Crippen MR) is 117 cm³/mol. The Morgan fingerprint density at radius 2 is 1.42 bits per heavy atom. The maximum atomic E-state index is 2.65. The van der Waals surface area contributed by atoms with E-state index in [0.29, 0.717) is 16.2 Å². The lowest BCUT2D eigenvalue weighted by Gasteiger charge is -2.48. The molecule has 0 aliphatic heterocycles. The van der Waals surface area contributed by atoms with Gasteiger partial charge in [-0.15, -0.1) is 0 Å². The zero-order valence-electron chi connectivity index (χ0n) is 19.9. The molecule has 2 rings (SSSR count). The van der Waals surface area contributed by atoms with Gasteiger partial charge in [0.05, 0.1) is 0 Å². The SMILES string of the molecule is CCC1(C)C(CCC(C)CC(CC(C)C)C(C)C)C2(C)CC2C1(C)CC. The molecule has 0 aromatic rings. The summed E-state index contributed by atoms with van der Waals surface area (Å²) in [4.78, 5) is 0. The highest BCUT2D eigenvalue weighted by molar-refractivity contribution is 5.23. The molecule has 0 saturated heterocycles. The largest absolute Gasteiger partial charge is 0.0648 e. The lowest BCUT2D eigenvalue weighted by atomic mass is 9.57. The summed E-state index contributed by atoms with van der Waals surface area (Å²) in [7, 11) is 0. The van der Waals surface area contributed by atoms with Crippen molar-refractivity contribution in [3.63, 3.8) is 0 Å². The van der Waals surface area contributed by atoms with E-state index in [1.165, 1.54) is 44.9 Å². The van der Waals surface area contributed by atoms with Crippen molar-refractivity contribution >= 4 is 0 Å². The molecule has 7 unspecified atom stereocenters. The van der Waals surface area contributed by atoms with Gasteiger partial charge in [-0.25, -0.2) is 0 Å². The predicted octanol–water partition coefficient (Wildman–Crippen LogP) is 8.60. The molecule has 0 spiro atoms. The van der Waals surface area contributed by atoms with Crippen LogP contribution in [0.2, 0.25) is 0 Å². The smallest absolute Gasteiger partial charge is 0.0238 e. The Kier molecular flexibility index (Phi) is 6.68. The summed E-state index contributed by atoms with van der Waals surface area (Å²) in [5.41, 5.74) is 1.78. The molecule has 2 fully saturated rings. The van der Waals surface area contributed by atoms with E-state index in [1.54, 1.807) is 0 Å². The van der Waals surface area contributed by atoms with E-state index in [4.69, 9.17) is 0 Å². The van der Waals surface area contributed by atoms with Gasteiger partial charge < -0.3 is 0 Å².